The van der Waals surface area contributed by atoms with Gasteiger partial charge in [0, 0.05) is 37.4 Å². The topological polar surface area (TPSA) is 48.5 Å². The number of para-hydroxylation sites is 1. The third kappa shape index (κ3) is 4.40. The number of rotatable bonds is 4. The number of nitrogens with zero attached hydrogens (tertiary/aromatic N) is 3. The van der Waals surface area contributed by atoms with Crippen molar-refractivity contribution in [2.45, 2.75) is 13.8 Å². The lowest BCUT2D eigenvalue weighted by Gasteiger charge is -2.36. The molecule has 5 nitrogen and oxygen atoms in total. The van der Waals surface area contributed by atoms with E-state index < -0.39 is 0 Å². The summed E-state index contributed by atoms with van der Waals surface area (Å²) in [5.74, 6) is 0.834. The molecule has 4 rings (SSSR count). The first-order valence-corrected chi connectivity index (χ1v) is 10.00. The number of hydrogen-bond acceptors (Lipinski definition) is 4. The lowest BCUT2D eigenvalue weighted by atomic mass is 10.1. The van der Waals surface area contributed by atoms with E-state index in [2.05, 4.69) is 44.4 Å². The van der Waals surface area contributed by atoms with Gasteiger partial charge in [0.05, 0.1) is 11.9 Å². The monoisotopic (exact) mass is 386 g/mol. The van der Waals surface area contributed by atoms with Crippen LogP contribution in [0.15, 0.2) is 66.9 Å². The number of pyridine rings is 1. The van der Waals surface area contributed by atoms with E-state index in [0.717, 1.165) is 37.6 Å². The average molecular weight is 386 g/mol. The molecule has 1 aromatic heterocycles. The highest BCUT2D eigenvalue weighted by atomic mass is 16.1. The Morgan fingerprint density at radius 1 is 0.862 bits per heavy atom. The minimum atomic E-state index is -0.112. The zero-order valence-corrected chi connectivity index (χ0v) is 16.9. The van der Waals surface area contributed by atoms with Crippen molar-refractivity contribution in [2.24, 2.45) is 0 Å². The van der Waals surface area contributed by atoms with Crippen LogP contribution >= 0.6 is 0 Å². The Labute approximate surface area is 172 Å². The highest BCUT2D eigenvalue weighted by molar-refractivity contribution is 6.04. The van der Waals surface area contributed by atoms with Crippen LogP contribution in [0.25, 0.3) is 0 Å². The number of amides is 1. The molecule has 3 aromatic rings. The molecule has 1 aliphatic heterocycles. The number of aryl methyl sites for hydroxylation is 2. The Morgan fingerprint density at radius 2 is 1.59 bits per heavy atom. The number of hydrogen-bond donors (Lipinski definition) is 1. The molecule has 0 atom stereocenters. The first kappa shape index (κ1) is 19.0. The van der Waals surface area contributed by atoms with Crippen LogP contribution in [0.5, 0.6) is 0 Å². The maximum atomic E-state index is 12.5. The van der Waals surface area contributed by atoms with Crippen LogP contribution in [0.4, 0.5) is 17.2 Å². The number of aromatic nitrogens is 1. The molecule has 1 amide bonds. The van der Waals surface area contributed by atoms with E-state index in [-0.39, 0.29) is 5.91 Å². The van der Waals surface area contributed by atoms with Crippen molar-refractivity contribution in [2.75, 3.05) is 41.3 Å². The van der Waals surface area contributed by atoms with Gasteiger partial charge in [-0.3, -0.25) is 4.79 Å². The molecule has 2 aromatic carbocycles. The first-order chi connectivity index (χ1) is 14.1. The van der Waals surface area contributed by atoms with Crippen LogP contribution in [-0.4, -0.2) is 37.1 Å². The molecule has 148 valence electrons. The van der Waals surface area contributed by atoms with Crippen LogP contribution in [0, 0.1) is 13.8 Å². The predicted octanol–water partition coefficient (Wildman–Crippen LogP) is 4.28. The van der Waals surface area contributed by atoms with Gasteiger partial charge >= 0.3 is 0 Å². The summed E-state index contributed by atoms with van der Waals surface area (Å²) in [6, 6.07) is 20.2. The molecule has 0 aliphatic carbocycles. The Kier molecular flexibility index (Phi) is 5.47. The summed E-state index contributed by atoms with van der Waals surface area (Å²) in [5.41, 5.74) is 4.93. The summed E-state index contributed by atoms with van der Waals surface area (Å²) in [5, 5.41) is 2.94. The second kappa shape index (κ2) is 8.35. The summed E-state index contributed by atoms with van der Waals surface area (Å²) >= 11 is 0. The van der Waals surface area contributed by atoms with E-state index in [9.17, 15) is 4.79 Å². The van der Waals surface area contributed by atoms with E-state index in [0.29, 0.717) is 11.3 Å². The van der Waals surface area contributed by atoms with Gasteiger partial charge in [-0.15, -0.1) is 0 Å². The fourth-order valence-electron chi connectivity index (χ4n) is 3.57. The van der Waals surface area contributed by atoms with Crippen molar-refractivity contribution in [3.8, 4) is 0 Å². The molecule has 1 saturated heterocycles. The molecular weight excluding hydrogens is 360 g/mol. The third-order valence-corrected chi connectivity index (χ3v) is 5.50. The molecule has 5 heteroatoms. The molecule has 0 spiro atoms. The first-order valence-electron chi connectivity index (χ1n) is 10.00. The van der Waals surface area contributed by atoms with Crippen molar-refractivity contribution in [3.05, 3.63) is 83.6 Å². The van der Waals surface area contributed by atoms with E-state index in [4.69, 9.17) is 0 Å². The van der Waals surface area contributed by atoms with Gasteiger partial charge in [-0.2, -0.15) is 0 Å². The second-order valence-corrected chi connectivity index (χ2v) is 7.47. The van der Waals surface area contributed by atoms with Crippen molar-refractivity contribution >= 4 is 23.1 Å². The molecule has 2 heterocycles. The third-order valence-electron chi connectivity index (χ3n) is 5.50. The van der Waals surface area contributed by atoms with Crippen LogP contribution in [0.1, 0.15) is 21.5 Å². The number of benzene rings is 2. The largest absolute Gasteiger partial charge is 0.368 e. The van der Waals surface area contributed by atoms with Crippen molar-refractivity contribution in [1.82, 2.24) is 4.98 Å². The van der Waals surface area contributed by atoms with E-state index >= 15 is 0 Å². The molecule has 0 radical (unpaired) electrons. The normalized spacial score (nSPS) is 14.0. The standard InChI is InChI=1S/C24H26N4O/c1-18-8-9-20(16-19(18)2)24(29)26-21-10-11-23(25-17-21)28-14-12-27(13-15-28)22-6-4-3-5-7-22/h3-11,16-17H,12-15H2,1-2H3,(H,26,29). The zero-order valence-electron chi connectivity index (χ0n) is 16.9. The van der Waals surface area contributed by atoms with E-state index in [1.807, 2.05) is 50.2 Å². The molecule has 29 heavy (non-hydrogen) atoms. The van der Waals surface area contributed by atoms with Crippen molar-refractivity contribution in [1.29, 1.82) is 0 Å². The molecule has 0 unspecified atom stereocenters. The van der Waals surface area contributed by atoms with E-state index in [1.54, 1.807) is 6.20 Å². The van der Waals surface area contributed by atoms with Crippen LogP contribution in [0.2, 0.25) is 0 Å². The van der Waals surface area contributed by atoms with Gasteiger partial charge < -0.3 is 15.1 Å². The Balaban J connectivity index is 1.36. The number of piperazine rings is 1. The Morgan fingerprint density at radius 3 is 2.24 bits per heavy atom. The van der Waals surface area contributed by atoms with Gasteiger partial charge in [-0.25, -0.2) is 4.98 Å². The molecule has 1 aliphatic rings. The predicted molar refractivity (Wildman–Crippen MR) is 119 cm³/mol. The molecule has 0 saturated carbocycles. The number of carbonyl (C=O) groups is 1. The van der Waals surface area contributed by atoms with Gasteiger partial charge in [0.2, 0.25) is 0 Å². The van der Waals surface area contributed by atoms with Gasteiger partial charge in [0.25, 0.3) is 5.91 Å². The second-order valence-electron chi connectivity index (χ2n) is 7.47. The highest BCUT2D eigenvalue weighted by Crippen LogP contribution is 2.20. The molecule has 0 bridgehead atoms. The van der Waals surface area contributed by atoms with Gasteiger partial charge in [0.15, 0.2) is 0 Å². The minimum absolute atomic E-state index is 0.112. The maximum Gasteiger partial charge on any atom is 0.255 e. The Hall–Kier alpha value is -3.34. The Bertz CT molecular complexity index is 978. The maximum absolute atomic E-state index is 12.5. The summed E-state index contributed by atoms with van der Waals surface area (Å²) in [4.78, 5) is 21.7. The highest BCUT2D eigenvalue weighted by Gasteiger charge is 2.18. The fourth-order valence-corrected chi connectivity index (χ4v) is 3.57. The lowest BCUT2D eigenvalue weighted by molar-refractivity contribution is 0.102. The van der Waals surface area contributed by atoms with Gasteiger partial charge in [-0.05, 0) is 61.4 Å². The smallest absolute Gasteiger partial charge is 0.255 e. The quantitative estimate of drug-likeness (QED) is 0.727. The summed E-state index contributed by atoms with van der Waals surface area (Å²) in [6.07, 6.45) is 1.73. The molecular formula is C24H26N4O. The summed E-state index contributed by atoms with van der Waals surface area (Å²) in [7, 11) is 0. The fraction of sp³-hybridized carbons (Fsp3) is 0.250. The lowest BCUT2D eigenvalue weighted by Crippen LogP contribution is -2.46. The zero-order chi connectivity index (χ0) is 20.2. The molecule has 1 fully saturated rings. The van der Waals surface area contributed by atoms with Crippen LogP contribution in [-0.2, 0) is 0 Å². The summed E-state index contributed by atoms with van der Waals surface area (Å²) in [6.45, 7) is 7.85. The van der Waals surface area contributed by atoms with Crippen molar-refractivity contribution < 1.29 is 4.79 Å². The van der Waals surface area contributed by atoms with Gasteiger partial charge in [-0.1, -0.05) is 24.3 Å². The number of nitrogens with one attached hydrogen (secondary N) is 1. The van der Waals surface area contributed by atoms with Gasteiger partial charge in [0.1, 0.15) is 5.82 Å². The summed E-state index contributed by atoms with van der Waals surface area (Å²) < 4.78 is 0. The van der Waals surface area contributed by atoms with Crippen molar-refractivity contribution in [3.63, 3.8) is 0 Å². The van der Waals surface area contributed by atoms with Crippen LogP contribution in [0.3, 0.4) is 0 Å². The average Bonchev–Trinajstić information content (AvgIpc) is 2.77. The SMILES string of the molecule is Cc1ccc(C(=O)Nc2ccc(N3CCN(c4ccccc4)CC3)nc2)cc1C. The minimum Gasteiger partial charge on any atom is -0.368 e. The molecule has 1 N–H and O–H groups in total. The number of carbonyl (C=O) groups excluding carboxylic acids is 1. The van der Waals surface area contributed by atoms with Crippen LogP contribution < -0.4 is 15.1 Å². The van der Waals surface area contributed by atoms with E-state index in [1.165, 1.54) is 11.3 Å². The number of anilines is 3.